The molecule has 0 bridgehead atoms. The van der Waals surface area contributed by atoms with Crippen molar-refractivity contribution >= 4 is 5.82 Å². The summed E-state index contributed by atoms with van der Waals surface area (Å²) in [5.41, 5.74) is 10.6. The van der Waals surface area contributed by atoms with Crippen LogP contribution in [0, 0.1) is 11.3 Å². The van der Waals surface area contributed by atoms with Crippen LogP contribution < -0.4 is 11.1 Å². The molecule has 1 aromatic heterocycles. The van der Waals surface area contributed by atoms with Crippen LogP contribution in [0.25, 0.3) is 0 Å². The number of hydrogen-bond acceptors (Lipinski definition) is 5. The Morgan fingerprint density at radius 1 is 1.33 bits per heavy atom. The van der Waals surface area contributed by atoms with Crippen LogP contribution in [0.5, 0.6) is 0 Å². The normalized spacial score (nSPS) is 24.7. The summed E-state index contributed by atoms with van der Waals surface area (Å²) in [6.07, 6.45) is 4.06. The molecule has 0 amide bonds. The Bertz CT molecular complexity index is 862. The first-order chi connectivity index (χ1) is 13.1. The summed E-state index contributed by atoms with van der Waals surface area (Å²) in [5, 5.41) is 18.1. The summed E-state index contributed by atoms with van der Waals surface area (Å²) in [5.74, 6) is 0.783. The highest BCUT2D eigenvalue weighted by Gasteiger charge is 2.30. The Hall–Kier alpha value is -2.36. The topological polar surface area (TPSA) is 82.9 Å². The van der Waals surface area contributed by atoms with Gasteiger partial charge >= 0.3 is 0 Å². The molecule has 6 heteroatoms. The van der Waals surface area contributed by atoms with Gasteiger partial charge in [0.05, 0.1) is 12.2 Å². The number of rotatable bonds is 4. The third kappa shape index (κ3) is 3.45. The smallest absolute Gasteiger partial charge is 0.140 e. The van der Waals surface area contributed by atoms with Gasteiger partial charge in [0.15, 0.2) is 0 Å². The van der Waals surface area contributed by atoms with Crippen LogP contribution in [0.1, 0.15) is 41.1 Å². The van der Waals surface area contributed by atoms with Crippen LogP contribution in [0.3, 0.4) is 0 Å². The zero-order valence-corrected chi connectivity index (χ0v) is 16.2. The average Bonchev–Trinajstić information content (AvgIpc) is 3.27. The number of fused-ring (bicyclic) bond motifs is 1. The van der Waals surface area contributed by atoms with Crippen molar-refractivity contribution in [3.63, 3.8) is 0 Å². The number of nitrogens with two attached hydrogens (primary N) is 1. The molecule has 0 unspecified atom stereocenters. The first-order valence-corrected chi connectivity index (χ1v) is 9.79. The summed E-state index contributed by atoms with van der Waals surface area (Å²) in [4.78, 5) is 2.26. The van der Waals surface area contributed by atoms with Gasteiger partial charge in [-0.1, -0.05) is 24.3 Å². The second-order valence-electron chi connectivity index (χ2n) is 8.11. The minimum Gasteiger partial charge on any atom is -0.383 e. The lowest BCUT2D eigenvalue weighted by atomic mass is 9.81. The average molecular weight is 364 g/mol. The van der Waals surface area contributed by atoms with Gasteiger partial charge in [-0.15, -0.1) is 0 Å². The lowest BCUT2D eigenvalue weighted by Crippen LogP contribution is -2.29. The molecule has 4 rings (SSSR count). The van der Waals surface area contributed by atoms with Crippen molar-refractivity contribution in [1.29, 1.82) is 5.26 Å². The van der Waals surface area contributed by atoms with Crippen molar-refractivity contribution in [1.82, 2.24) is 20.0 Å². The molecule has 0 saturated carbocycles. The number of nitrogens with one attached hydrogen (secondary N) is 1. The fourth-order valence-corrected chi connectivity index (χ4v) is 4.50. The molecule has 2 aromatic rings. The Morgan fingerprint density at radius 3 is 2.81 bits per heavy atom. The van der Waals surface area contributed by atoms with Gasteiger partial charge in [0, 0.05) is 24.5 Å². The predicted molar refractivity (Wildman–Crippen MR) is 106 cm³/mol. The highest BCUT2D eigenvalue weighted by Crippen LogP contribution is 2.35. The molecule has 3 N–H and O–H groups in total. The highest BCUT2D eigenvalue weighted by molar-refractivity contribution is 5.54. The standard InChI is InChI=1S/C21H28N6/c1-26(2)18-10-17(24-12-18)13-27-21(23)19(11-22)20(25-27)16-8-7-14-5-3-4-6-15(14)9-16/h3-6,16-18,24H,7-10,12-13,23H2,1-2H3/t16-,17+,18+/m1/s1. The first-order valence-electron chi connectivity index (χ1n) is 9.79. The maximum atomic E-state index is 9.71. The van der Waals surface area contributed by atoms with E-state index in [1.165, 1.54) is 11.1 Å². The van der Waals surface area contributed by atoms with Crippen LogP contribution >= 0.6 is 0 Å². The van der Waals surface area contributed by atoms with Crippen molar-refractivity contribution in [2.75, 3.05) is 26.4 Å². The maximum absolute atomic E-state index is 9.71. The van der Waals surface area contributed by atoms with Crippen LogP contribution in [-0.4, -0.2) is 47.4 Å². The number of benzene rings is 1. The predicted octanol–water partition coefficient (Wildman–Crippen LogP) is 1.90. The quantitative estimate of drug-likeness (QED) is 0.866. The summed E-state index contributed by atoms with van der Waals surface area (Å²) in [6, 6.07) is 11.8. The molecule has 1 aromatic carbocycles. The number of aromatic nitrogens is 2. The number of hydrogen-bond donors (Lipinski definition) is 2. The third-order valence-corrected chi connectivity index (χ3v) is 6.19. The number of anilines is 1. The van der Waals surface area contributed by atoms with E-state index in [9.17, 15) is 5.26 Å². The Kier molecular flexibility index (Phi) is 4.90. The van der Waals surface area contributed by atoms with E-state index in [-0.39, 0.29) is 5.92 Å². The fourth-order valence-electron chi connectivity index (χ4n) is 4.50. The Balaban J connectivity index is 1.55. The molecular formula is C21H28N6. The lowest BCUT2D eigenvalue weighted by Gasteiger charge is -2.23. The van der Waals surface area contributed by atoms with Gasteiger partial charge in [0.1, 0.15) is 17.5 Å². The molecule has 0 spiro atoms. The highest BCUT2D eigenvalue weighted by atomic mass is 15.3. The largest absolute Gasteiger partial charge is 0.383 e. The molecule has 1 fully saturated rings. The van der Waals surface area contributed by atoms with Gasteiger partial charge in [-0.3, -0.25) is 0 Å². The van der Waals surface area contributed by atoms with E-state index >= 15 is 0 Å². The van der Waals surface area contributed by atoms with E-state index in [1.54, 1.807) is 0 Å². The van der Waals surface area contributed by atoms with Gasteiger partial charge in [0.2, 0.25) is 0 Å². The monoisotopic (exact) mass is 364 g/mol. The Labute approximate surface area is 161 Å². The van der Waals surface area contributed by atoms with Gasteiger partial charge in [0.25, 0.3) is 0 Å². The summed E-state index contributed by atoms with van der Waals surface area (Å²) < 4.78 is 1.85. The first kappa shape index (κ1) is 18.0. The van der Waals surface area contributed by atoms with Crippen LogP contribution in [0.4, 0.5) is 5.82 Å². The molecule has 1 saturated heterocycles. The van der Waals surface area contributed by atoms with Crippen LogP contribution in [0.2, 0.25) is 0 Å². The van der Waals surface area contributed by atoms with Crippen molar-refractivity contribution in [3.05, 3.63) is 46.6 Å². The maximum Gasteiger partial charge on any atom is 0.140 e. The zero-order chi connectivity index (χ0) is 19.0. The van der Waals surface area contributed by atoms with E-state index in [4.69, 9.17) is 10.8 Å². The van der Waals surface area contributed by atoms with Gasteiger partial charge in [-0.25, -0.2) is 4.68 Å². The molecule has 1 aliphatic heterocycles. The van der Waals surface area contributed by atoms with Gasteiger partial charge in [-0.05, 0) is 50.9 Å². The molecule has 27 heavy (non-hydrogen) atoms. The van der Waals surface area contributed by atoms with Gasteiger partial charge < -0.3 is 16.0 Å². The summed E-state index contributed by atoms with van der Waals surface area (Å²) in [7, 11) is 4.23. The molecule has 142 valence electrons. The molecular weight excluding hydrogens is 336 g/mol. The number of aryl methyl sites for hydroxylation is 1. The second-order valence-corrected chi connectivity index (χ2v) is 8.11. The summed E-state index contributed by atoms with van der Waals surface area (Å²) in [6.45, 7) is 1.70. The molecule has 2 heterocycles. The minimum atomic E-state index is 0.268. The zero-order valence-electron chi connectivity index (χ0n) is 16.2. The lowest BCUT2D eigenvalue weighted by molar-refractivity contribution is 0.306. The third-order valence-electron chi connectivity index (χ3n) is 6.19. The molecule has 2 aliphatic rings. The van der Waals surface area contributed by atoms with E-state index in [0.29, 0.717) is 30.0 Å². The Morgan fingerprint density at radius 2 is 2.11 bits per heavy atom. The summed E-state index contributed by atoms with van der Waals surface area (Å²) >= 11 is 0. The van der Waals surface area contributed by atoms with E-state index in [1.807, 2.05) is 4.68 Å². The van der Waals surface area contributed by atoms with Gasteiger partial charge in [-0.2, -0.15) is 10.4 Å². The van der Waals surface area contributed by atoms with E-state index < -0.39 is 0 Å². The SMILES string of the molecule is CN(C)[C@@H]1CN[C@H](Cn2nc([C@@H]3CCc4ccccc4C3)c(C#N)c2N)C1. The molecule has 0 radical (unpaired) electrons. The molecule has 6 nitrogen and oxygen atoms in total. The van der Waals surface area contributed by atoms with Crippen molar-refractivity contribution in [2.24, 2.45) is 0 Å². The minimum absolute atomic E-state index is 0.268. The molecule has 3 atom stereocenters. The number of nitrogen functional groups attached to an aromatic ring is 1. The van der Waals surface area contributed by atoms with Crippen LogP contribution in [-0.2, 0) is 19.4 Å². The number of nitrogens with zero attached hydrogens (tertiary/aromatic N) is 4. The van der Waals surface area contributed by atoms with Crippen molar-refractivity contribution < 1.29 is 0 Å². The van der Waals surface area contributed by atoms with Crippen molar-refractivity contribution in [2.45, 2.75) is 50.2 Å². The van der Waals surface area contributed by atoms with E-state index in [2.05, 4.69) is 54.6 Å². The van der Waals surface area contributed by atoms with Crippen LogP contribution in [0.15, 0.2) is 24.3 Å². The molecule has 1 aliphatic carbocycles. The number of likely N-dealkylation sites (N-methyl/N-ethyl adjacent to an activating group) is 1. The second kappa shape index (κ2) is 7.34. The van der Waals surface area contributed by atoms with E-state index in [0.717, 1.165) is 37.9 Å². The van der Waals surface area contributed by atoms with Crippen molar-refractivity contribution in [3.8, 4) is 6.07 Å². The number of nitriles is 1. The fraction of sp³-hybridized carbons (Fsp3) is 0.524.